The van der Waals surface area contributed by atoms with Gasteiger partial charge in [-0.3, -0.25) is 9.59 Å². The van der Waals surface area contributed by atoms with E-state index >= 15 is 0 Å². The summed E-state index contributed by atoms with van der Waals surface area (Å²) >= 11 is 0. The average Bonchev–Trinajstić information content (AvgIpc) is 2.76. The van der Waals surface area contributed by atoms with Gasteiger partial charge in [-0.15, -0.1) is 0 Å². The monoisotopic (exact) mass is 434 g/mol. The van der Waals surface area contributed by atoms with Crippen LogP contribution in [0.3, 0.4) is 0 Å². The Morgan fingerprint density at radius 2 is 1.65 bits per heavy atom. The van der Waals surface area contributed by atoms with Crippen molar-refractivity contribution < 1.29 is 27.5 Å². The van der Waals surface area contributed by atoms with Crippen molar-refractivity contribution in [3.8, 4) is 5.75 Å². The number of hydrogen-bond donors (Lipinski definition) is 0. The second-order valence-corrected chi connectivity index (χ2v) is 7.52. The molecule has 2 amide bonds. The average molecular weight is 434 g/mol. The van der Waals surface area contributed by atoms with Crippen LogP contribution in [-0.2, 0) is 11.0 Å². The van der Waals surface area contributed by atoms with E-state index in [4.69, 9.17) is 4.74 Å². The molecule has 0 atom stereocenters. The largest absolute Gasteiger partial charge is 0.494 e. The van der Waals surface area contributed by atoms with Gasteiger partial charge in [0.05, 0.1) is 12.2 Å². The van der Waals surface area contributed by atoms with E-state index in [1.165, 1.54) is 17.0 Å². The number of rotatable bonds is 6. The van der Waals surface area contributed by atoms with Gasteiger partial charge in [-0.05, 0) is 49.2 Å². The van der Waals surface area contributed by atoms with Crippen LogP contribution in [0.1, 0.15) is 34.3 Å². The standard InChI is InChI=1S/C23H25F3N2O3/c1-17-5-2-8-20(15-17)31-14-4-9-21(29)27-10-12-28(13-11-27)22(30)18-6-3-7-19(16-18)23(24,25)26/h2-3,5-8,15-16H,4,9-14H2,1H3. The fourth-order valence-electron chi connectivity index (χ4n) is 3.45. The Balaban J connectivity index is 1.43. The predicted molar refractivity (Wildman–Crippen MR) is 110 cm³/mol. The maximum atomic E-state index is 12.9. The highest BCUT2D eigenvalue weighted by atomic mass is 19.4. The highest BCUT2D eigenvalue weighted by molar-refractivity contribution is 5.94. The summed E-state index contributed by atoms with van der Waals surface area (Å²) in [6, 6.07) is 12.1. The summed E-state index contributed by atoms with van der Waals surface area (Å²) < 4.78 is 44.3. The van der Waals surface area contributed by atoms with E-state index in [9.17, 15) is 22.8 Å². The number of nitrogens with zero attached hydrogens (tertiary/aromatic N) is 2. The molecular formula is C23H25F3N2O3. The minimum absolute atomic E-state index is 0.00268. The Bertz CT molecular complexity index is 922. The first-order valence-corrected chi connectivity index (χ1v) is 10.2. The lowest BCUT2D eigenvalue weighted by Gasteiger charge is -2.35. The van der Waals surface area contributed by atoms with Crippen molar-refractivity contribution in [2.45, 2.75) is 25.9 Å². The molecule has 2 aromatic rings. The van der Waals surface area contributed by atoms with E-state index < -0.39 is 17.6 Å². The minimum Gasteiger partial charge on any atom is -0.494 e. The number of aryl methyl sites for hydroxylation is 1. The molecule has 0 unspecified atom stereocenters. The highest BCUT2D eigenvalue weighted by Crippen LogP contribution is 2.29. The van der Waals surface area contributed by atoms with Crippen molar-refractivity contribution in [3.63, 3.8) is 0 Å². The van der Waals surface area contributed by atoms with Gasteiger partial charge >= 0.3 is 6.18 Å². The first kappa shape index (κ1) is 22.7. The summed E-state index contributed by atoms with van der Waals surface area (Å²) in [5.41, 5.74) is 0.258. The number of alkyl halides is 3. The van der Waals surface area contributed by atoms with Crippen LogP contribution < -0.4 is 4.74 Å². The molecule has 1 aliphatic rings. The molecule has 0 saturated carbocycles. The Hall–Kier alpha value is -3.03. The normalized spacial score (nSPS) is 14.5. The van der Waals surface area contributed by atoms with Gasteiger partial charge in [0.25, 0.3) is 5.91 Å². The molecule has 0 N–H and O–H groups in total. The van der Waals surface area contributed by atoms with Crippen LogP contribution in [0.25, 0.3) is 0 Å². The van der Waals surface area contributed by atoms with Crippen LogP contribution in [0.4, 0.5) is 13.2 Å². The molecule has 1 heterocycles. The molecule has 5 nitrogen and oxygen atoms in total. The third-order valence-electron chi connectivity index (χ3n) is 5.15. The maximum absolute atomic E-state index is 12.9. The van der Waals surface area contributed by atoms with E-state index in [1.54, 1.807) is 4.90 Å². The van der Waals surface area contributed by atoms with E-state index in [0.717, 1.165) is 23.4 Å². The van der Waals surface area contributed by atoms with Crippen LogP contribution in [0, 0.1) is 6.92 Å². The lowest BCUT2D eigenvalue weighted by Crippen LogP contribution is -2.50. The van der Waals surface area contributed by atoms with Gasteiger partial charge in [0.15, 0.2) is 0 Å². The molecule has 8 heteroatoms. The fraction of sp³-hybridized carbons (Fsp3) is 0.391. The number of carbonyl (C=O) groups is 2. The Kier molecular flexibility index (Phi) is 7.20. The van der Waals surface area contributed by atoms with E-state index in [0.29, 0.717) is 45.6 Å². The summed E-state index contributed by atoms with van der Waals surface area (Å²) in [4.78, 5) is 28.1. The third kappa shape index (κ3) is 6.23. The molecule has 31 heavy (non-hydrogen) atoms. The SMILES string of the molecule is Cc1cccc(OCCCC(=O)N2CCN(C(=O)c3cccc(C(F)(F)F)c3)CC2)c1. The Morgan fingerprint density at radius 1 is 0.968 bits per heavy atom. The molecule has 1 saturated heterocycles. The summed E-state index contributed by atoms with van der Waals surface area (Å²) in [7, 11) is 0. The van der Waals surface area contributed by atoms with Crippen LogP contribution in [0.5, 0.6) is 5.75 Å². The second kappa shape index (κ2) is 9.85. The number of ether oxygens (including phenoxy) is 1. The van der Waals surface area contributed by atoms with Gasteiger partial charge in [0.1, 0.15) is 5.75 Å². The number of halogens is 3. The molecule has 3 rings (SSSR count). The quantitative estimate of drug-likeness (QED) is 0.642. The van der Waals surface area contributed by atoms with Gasteiger partial charge in [-0.2, -0.15) is 13.2 Å². The first-order valence-electron chi connectivity index (χ1n) is 10.2. The van der Waals surface area contributed by atoms with Gasteiger partial charge in [-0.25, -0.2) is 0 Å². The van der Waals surface area contributed by atoms with Crippen LogP contribution >= 0.6 is 0 Å². The number of benzene rings is 2. The molecule has 0 aliphatic carbocycles. The van der Waals surface area contributed by atoms with E-state index in [1.807, 2.05) is 31.2 Å². The minimum atomic E-state index is -4.50. The van der Waals surface area contributed by atoms with E-state index in [2.05, 4.69) is 0 Å². The highest BCUT2D eigenvalue weighted by Gasteiger charge is 2.32. The topological polar surface area (TPSA) is 49.9 Å². The molecule has 1 aliphatic heterocycles. The van der Waals surface area contributed by atoms with Crippen LogP contribution in [0.2, 0.25) is 0 Å². The first-order chi connectivity index (χ1) is 14.7. The molecule has 1 fully saturated rings. The summed E-state index contributed by atoms with van der Waals surface area (Å²) in [6.07, 6.45) is -3.58. The molecular weight excluding hydrogens is 409 g/mol. The summed E-state index contributed by atoms with van der Waals surface area (Å²) in [5, 5.41) is 0. The Labute approximate surface area is 179 Å². The number of amides is 2. The molecule has 166 valence electrons. The number of piperazine rings is 1. The summed E-state index contributed by atoms with van der Waals surface area (Å²) in [5.74, 6) is 0.304. The van der Waals surface area contributed by atoms with Crippen molar-refractivity contribution in [1.29, 1.82) is 0 Å². The van der Waals surface area contributed by atoms with E-state index in [-0.39, 0.29) is 11.5 Å². The molecule has 2 aromatic carbocycles. The van der Waals surface area contributed by atoms with Gasteiger partial charge in [0.2, 0.25) is 5.91 Å². The van der Waals surface area contributed by atoms with Gasteiger partial charge in [0, 0.05) is 38.2 Å². The summed E-state index contributed by atoms with van der Waals surface area (Å²) in [6.45, 7) is 3.72. The zero-order valence-electron chi connectivity index (χ0n) is 17.3. The smallest absolute Gasteiger partial charge is 0.416 e. The van der Waals surface area contributed by atoms with Crippen LogP contribution in [0.15, 0.2) is 48.5 Å². The predicted octanol–water partition coefficient (Wildman–Crippen LogP) is 4.16. The van der Waals surface area contributed by atoms with Crippen molar-refractivity contribution in [2.75, 3.05) is 32.8 Å². The molecule has 0 aromatic heterocycles. The van der Waals surface area contributed by atoms with Crippen molar-refractivity contribution in [3.05, 3.63) is 65.2 Å². The lowest BCUT2D eigenvalue weighted by molar-refractivity contribution is -0.137. The van der Waals surface area contributed by atoms with Gasteiger partial charge in [-0.1, -0.05) is 18.2 Å². The fourth-order valence-corrected chi connectivity index (χ4v) is 3.45. The second-order valence-electron chi connectivity index (χ2n) is 7.52. The number of hydrogen-bond acceptors (Lipinski definition) is 3. The van der Waals surface area contributed by atoms with Crippen molar-refractivity contribution >= 4 is 11.8 Å². The lowest BCUT2D eigenvalue weighted by atomic mass is 10.1. The van der Waals surface area contributed by atoms with Crippen molar-refractivity contribution in [2.24, 2.45) is 0 Å². The molecule has 0 spiro atoms. The van der Waals surface area contributed by atoms with Crippen LogP contribution in [-0.4, -0.2) is 54.4 Å². The van der Waals surface area contributed by atoms with Crippen molar-refractivity contribution in [1.82, 2.24) is 9.80 Å². The number of carbonyl (C=O) groups excluding carboxylic acids is 2. The molecule has 0 radical (unpaired) electrons. The Morgan fingerprint density at radius 3 is 2.32 bits per heavy atom. The van der Waals surface area contributed by atoms with Gasteiger partial charge < -0.3 is 14.5 Å². The molecule has 0 bridgehead atoms. The third-order valence-corrected chi connectivity index (χ3v) is 5.15. The zero-order chi connectivity index (χ0) is 22.4. The maximum Gasteiger partial charge on any atom is 0.416 e. The zero-order valence-corrected chi connectivity index (χ0v) is 17.3.